The number of carbonyl (C=O) groups is 1. The van der Waals surface area contributed by atoms with E-state index in [0.29, 0.717) is 13.0 Å². The first-order valence-electron chi connectivity index (χ1n) is 5.45. The van der Waals surface area contributed by atoms with Gasteiger partial charge < -0.3 is 5.11 Å². The number of benzene rings is 1. The molecule has 0 saturated carbocycles. The van der Waals surface area contributed by atoms with Crippen LogP contribution in [0.15, 0.2) is 30.3 Å². The number of rotatable bonds is 2. The summed E-state index contributed by atoms with van der Waals surface area (Å²) in [4.78, 5) is 11.4. The molecule has 2 rings (SSSR count). The van der Waals surface area contributed by atoms with E-state index in [9.17, 15) is 9.90 Å². The molecule has 1 fully saturated rings. The van der Waals surface area contributed by atoms with Crippen LogP contribution in [-0.4, -0.2) is 33.8 Å². The Morgan fingerprint density at radius 2 is 2.12 bits per heavy atom. The Labute approximate surface area is 95.1 Å². The van der Waals surface area contributed by atoms with Crippen LogP contribution in [0.2, 0.25) is 0 Å². The molecule has 0 radical (unpaired) electrons. The fourth-order valence-corrected chi connectivity index (χ4v) is 2.04. The van der Waals surface area contributed by atoms with Gasteiger partial charge in [-0.05, 0) is 5.56 Å². The molecular formula is C12H16N2O2. The predicted molar refractivity (Wildman–Crippen MR) is 60.0 cm³/mol. The van der Waals surface area contributed by atoms with Gasteiger partial charge in [0.2, 0.25) is 5.91 Å². The highest BCUT2D eigenvalue weighted by atomic mass is 16.3. The molecule has 1 aromatic carbocycles. The average molecular weight is 220 g/mol. The molecule has 86 valence electrons. The fourth-order valence-electron chi connectivity index (χ4n) is 2.04. The van der Waals surface area contributed by atoms with Gasteiger partial charge >= 0.3 is 0 Å². The monoisotopic (exact) mass is 220 g/mol. The minimum Gasteiger partial charge on any atom is -0.372 e. The molecular weight excluding hydrogens is 204 g/mol. The Morgan fingerprint density at radius 1 is 1.44 bits per heavy atom. The third kappa shape index (κ3) is 2.23. The van der Waals surface area contributed by atoms with Crippen molar-refractivity contribution >= 4 is 5.91 Å². The molecule has 4 nitrogen and oxygen atoms in total. The summed E-state index contributed by atoms with van der Waals surface area (Å²) < 4.78 is 0. The van der Waals surface area contributed by atoms with Crippen LogP contribution < -0.4 is 0 Å². The number of aliphatic hydroxyl groups is 1. The van der Waals surface area contributed by atoms with Crippen molar-refractivity contribution in [1.29, 1.82) is 0 Å². The first-order chi connectivity index (χ1) is 7.68. The highest BCUT2D eigenvalue weighted by Crippen LogP contribution is 2.19. The zero-order valence-electron chi connectivity index (χ0n) is 9.34. The van der Waals surface area contributed by atoms with Crippen LogP contribution in [0.4, 0.5) is 0 Å². The van der Waals surface area contributed by atoms with Gasteiger partial charge in [0.05, 0.1) is 0 Å². The van der Waals surface area contributed by atoms with E-state index in [2.05, 4.69) is 0 Å². The summed E-state index contributed by atoms with van der Waals surface area (Å²) in [6.07, 6.45) is -0.0481. The van der Waals surface area contributed by atoms with E-state index in [4.69, 9.17) is 0 Å². The molecule has 1 aliphatic rings. The third-order valence-electron chi connectivity index (χ3n) is 2.76. The summed E-state index contributed by atoms with van der Waals surface area (Å²) in [7, 11) is 0. The van der Waals surface area contributed by atoms with Crippen LogP contribution in [-0.2, 0) is 11.3 Å². The van der Waals surface area contributed by atoms with Gasteiger partial charge in [-0.2, -0.15) is 0 Å². The normalized spacial score (nSPS) is 21.4. The standard InChI is InChI=1S/C12H16N2O2/c1-10(15)14-12(16)7-8-13(14)9-11-5-3-2-4-6-11/h2-6,12,16H,7-9H2,1H3/t12-/m0/s1. The number of hydrogen-bond acceptors (Lipinski definition) is 3. The second kappa shape index (κ2) is 4.63. The van der Waals surface area contributed by atoms with Gasteiger partial charge in [0.15, 0.2) is 0 Å². The number of amides is 1. The third-order valence-corrected chi connectivity index (χ3v) is 2.76. The molecule has 1 aromatic rings. The number of hydrogen-bond donors (Lipinski definition) is 1. The van der Waals surface area contributed by atoms with Crippen molar-refractivity contribution in [1.82, 2.24) is 10.0 Å². The summed E-state index contributed by atoms with van der Waals surface area (Å²) in [6, 6.07) is 9.94. The van der Waals surface area contributed by atoms with Crippen LogP contribution >= 0.6 is 0 Å². The first-order valence-corrected chi connectivity index (χ1v) is 5.45. The summed E-state index contributed by atoms with van der Waals surface area (Å²) in [5.41, 5.74) is 1.14. The number of nitrogens with zero attached hydrogens (tertiary/aromatic N) is 2. The molecule has 1 saturated heterocycles. The molecule has 0 bridgehead atoms. The van der Waals surface area contributed by atoms with E-state index in [1.54, 1.807) is 0 Å². The summed E-state index contributed by atoms with van der Waals surface area (Å²) >= 11 is 0. The van der Waals surface area contributed by atoms with Crippen molar-refractivity contribution in [3.63, 3.8) is 0 Å². The maximum Gasteiger partial charge on any atom is 0.236 e. The zero-order valence-corrected chi connectivity index (χ0v) is 9.34. The minimum atomic E-state index is -0.666. The van der Waals surface area contributed by atoms with Gasteiger partial charge in [0.1, 0.15) is 6.23 Å². The average Bonchev–Trinajstić information content (AvgIpc) is 2.61. The van der Waals surface area contributed by atoms with Crippen molar-refractivity contribution in [2.45, 2.75) is 26.1 Å². The van der Waals surface area contributed by atoms with E-state index in [1.165, 1.54) is 11.9 Å². The maximum absolute atomic E-state index is 11.4. The minimum absolute atomic E-state index is 0.110. The Morgan fingerprint density at radius 3 is 2.75 bits per heavy atom. The van der Waals surface area contributed by atoms with Crippen LogP contribution in [0.3, 0.4) is 0 Å². The molecule has 1 aliphatic heterocycles. The molecule has 1 N–H and O–H groups in total. The van der Waals surface area contributed by atoms with Crippen molar-refractivity contribution in [3.8, 4) is 0 Å². The summed E-state index contributed by atoms with van der Waals surface area (Å²) in [5.74, 6) is -0.110. The van der Waals surface area contributed by atoms with E-state index < -0.39 is 6.23 Å². The second-order valence-corrected chi connectivity index (χ2v) is 4.01. The maximum atomic E-state index is 11.4. The quantitative estimate of drug-likeness (QED) is 0.807. The molecule has 1 atom stereocenters. The van der Waals surface area contributed by atoms with Crippen molar-refractivity contribution in [3.05, 3.63) is 35.9 Å². The van der Waals surface area contributed by atoms with Crippen LogP contribution in [0.25, 0.3) is 0 Å². The van der Waals surface area contributed by atoms with Crippen LogP contribution in [0, 0.1) is 0 Å². The van der Waals surface area contributed by atoms with Crippen LogP contribution in [0.5, 0.6) is 0 Å². The van der Waals surface area contributed by atoms with Gasteiger partial charge in [-0.1, -0.05) is 30.3 Å². The summed E-state index contributed by atoms with van der Waals surface area (Å²) in [6.45, 7) is 2.86. The SMILES string of the molecule is CC(=O)N1[C@@H](O)CCN1Cc1ccccc1. The van der Waals surface area contributed by atoms with Crippen molar-refractivity contribution in [2.24, 2.45) is 0 Å². The van der Waals surface area contributed by atoms with Crippen LogP contribution in [0.1, 0.15) is 18.9 Å². The van der Waals surface area contributed by atoms with E-state index in [1.807, 2.05) is 35.3 Å². The largest absolute Gasteiger partial charge is 0.372 e. The Kier molecular flexibility index (Phi) is 3.22. The first kappa shape index (κ1) is 11.1. The second-order valence-electron chi connectivity index (χ2n) is 4.01. The van der Waals surface area contributed by atoms with E-state index >= 15 is 0 Å². The summed E-state index contributed by atoms with van der Waals surface area (Å²) in [5, 5.41) is 13.0. The molecule has 1 heterocycles. The molecule has 0 unspecified atom stereocenters. The molecule has 0 aromatic heterocycles. The number of aliphatic hydroxyl groups excluding tert-OH is 1. The number of carbonyl (C=O) groups excluding carboxylic acids is 1. The zero-order chi connectivity index (χ0) is 11.5. The molecule has 4 heteroatoms. The van der Waals surface area contributed by atoms with Crippen molar-refractivity contribution < 1.29 is 9.90 Å². The van der Waals surface area contributed by atoms with Gasteiger partial charge in [-0.3, -0.25) is 4.79 Å². The van der Waals surface area contributed by atoms with Crippen molar-refractivity contribution in [2.75, 3.05) is 6.54 Å². The van der Waals surface area contributed by atoms with Gasteiger partial charge in [-0.25, -0.2) is 10.0 Å². The van der Waals surface area contributed by atoms with E-state index in [0.717, 1.165) is 12.1 Å². The Hall–Kier alpha value is -1.39. The highest BCUT2D eigenvalue weighted by molar-refractivity contribution is 5.73. The van der Waals surface area contributed by atoms with Gasteiger partial charge in [-0.15, -0.1) is 0 Å². The van der Waals surface area contributed by atoms with Gasteiger partial charge in [0, 0.05) is 26.4 Å². The molecule has 16 heavy (non-hydrogen) atoms. The fraction of sp³-hybridized carbons (Fsp3) is 0.417. The van der Waals surface area contributed by atoms with E-state index in [-0.39, 0.29) is 5.91 Å². The molecule has 0 spiro atoms. The highest BCUT2D eigenvalue weighted by Gasteiger charge is 2.31. The Bertz CT molecular complexity index is 367. The lowest BCUT2D eigenvalue weighted by Crippen LogP contribution is -2.43. The lowest BCUT2D eigenvalue weighted by molar-refractivity contribution is -0.158. The molecule has 1 amide bonds. The number of hydrazine groups is 1. The Balaban J connectivity index is 2.07. The predicted octanol–water partition coefficient (Wildman–Crippen LogP) is 0.974. The smallest absolute Gasteiger partial charge is 0.236 e. The lowest BCUT2D eigenvalue weighted by Gasteiger charge is -2.28. The van der Waals surface area contributed by atoms with Gasteiger partial charge in [0.25, 0.3) is 0 Å². The lowest BCUT2D eigenvalue weighted by atomic mass is 10.2. The topological polar surface area (TPSA) is 43.8 Å². The molecule has 0 aliphatic carbocycles.